The molecule has 0 bridgehead atoms. The maximum Gasteiger partial charge on any atom is 0.272 e. The molecule has 1 unspecified atom stereocenters. The molecule has 1 aromatic carbocycles. The fourth-order valence-corrected chi connectivity index (χ4v) is 1.72. The summed E-state index contributed by atoms with van der Waals surface area (Å²) >= 11 is 0. The second-order valence-corrected chi connectivity index (χ2v) is 4.90. The minimum absolute atomic E-state index is 0.0897. The van der Waals surface area contributed by atoms with Crippen LogP contribution in [0.3, 0.4) is 0 Å². The molecule has 1 heterocycles. The van der Waals surface area contributed by atoms with E-state index >= 15 is 0 Å². The van der Waals surface area contributed by atoms with Crippen LogP contribution in [-0.4, -0.2) is 33.9 Å². The zero-order valence-corrected chi connectivity index (χ0v) is 11.0. The van der Waals surface area contributed by atoms with Crippen LogP contribution < -0.4 is 11.1 Å². The van der Waals surface area contributed by atoms with Crippen LogP contribution >= 0.6 is 0 Å². The van der Waals surface area contributed by atoms with Crippen molar-refractivity contribution in [3.8, 4) is 0 Å². The highest BCUT2D eigenvalue weighted by atomic mass is 16.3. The number of aromatic nitrogens is 2. The fourth-order valence-electron chi connectivity index (χ4n) is 1.72. The van der Waals surface area contributed by atoms with Crippen molar-refractivity contribution in [2.75, 3.05) is 12.3 Å². The summed E-state index contributed by atoms with van der Waals surface area (Å²) in [7, 11) is 0. The van der Waals surface area contributed by atoms with Crippen molar-refractivity contribution in [1.29, 1.82) is 0 Å². The van der Waals surface area contributed by atoms with Gasteiger partial charge in [0.15, 0.2) is 5.69 Å². The van der Waals surface area contributed by atoms with Crippen molar-refractivity contribution in [2.45, 2.75) is 20.0 Å². The van der Waals surface area contributed by atoms with Gasteiger partial charge in [-0.3, -0.25) is 9.89 Å². The van der Waals surface area contributed by atoms with Crippen molar-refractivity contribution in [3.63, 3.8) is 0 Å². The zero-order valence-electron chi connectivity index (χ0n) is 11.0. The smallest absolute Gasteiger partial charge is 0.272 e. The SMILES string of the molecule is CC(C)C(O)CNC(=O)c1n[nH]c2ccc(N)cc12. The molecule has 0 radical (unpaired) electrons. The number of benzene rings is 1. The number of aliphatic hydroxyl groups is 1. The predicted molar refractivity (Wildman–Crippen MR) is 73.7 cm³/mol. The molecule has 2 aromatic rings. The number of amides is 1. The Morgan fingerprint density at radius 3 is 2.95 bits per heavy atom. The van der Waals surface area contributed by atoms with Gasteiger partial charge >= 0.3 is 0 Å². The number of hydrogen-bond acceptors (Lipinski definition) is 4. The highest BCUT2D eigenvalue weighted by Gasteiger charge is 2.16. The Kier molecular flexibility index (Phi) is 3.71. The zero-order chi connectivity index (χ0) is 14.0. The molecular weight excluding hydrogens is 244 g/mol. The number of hydrogen-bond donors (Lipinski definition) is 4. The average Bonchev–Trinajstić information content (AvgIpc) is 2.78. The van der Waals surface area contributed by atoms with Gasteiger partial charge in [0.2, 0.25) is 0 Å². The third-order valence-electron chi connectivity index (χ3n) is 3.04. The second-order valence-electron chi connectivity index (χ2n) is 4.90. The average molecular weight is 262 g/mol. The van der Waals surface area contributed by atoms with Gasteiger partial charge in [-0.1, -0.05) is 13.8 Å². The predicted octanol–water partition coefficient (Wildman–Crippen LogP) is 0.892. The fraction of sp³-hybridized carbons (Fsp3) is 0.385. The number of fused-ring (bicyclic) bond motifs is 1. The number of rotatable bonds is 4. The number of nitrogen functional groups attached to an aromatic ring is 1. The van der Waals surface area contributed by atoms with Gasteiger partial charge in [0.1, 0.15) is 0 Å². The third-order valence-corrected chi connectivity index (χ3v) is 3.04. The van der Waals surface area contributed by atoms with E-state index in [0.29, 0.717) is 16.8 Å². The number of aromatic amines is 1. The summed E-state index contributed by atoms with van der Waals surface area (Å²) in [6.45, 7) is 3.98. The molecule has 5 N–H and O–H groups in total. The van der Waals surface area contributed by atoms with Gasteiger partial charge in [0.05, 0.1) is 11.6 Å². The number of carbonyl (C=O) groups is 1. The lowest BCUT2D eigenvalue weighted by molar-refractivity contribution is 0.0868. The standard InChI is InChI=1S/C13H18N4O2/c1-7(2)11(18)6-15-13(19)12-9-5-8(14)3-4-10(9)16-17-12/h3-5,7,11,18H,6,14H2,1-2H3,(H,15,19)(H,16,17). The van der Waals surface area contributed by atoms with Crippen LogP contribution in [-0.2, 0) is 0 Å². The number of aliphatic hydroxyl groups excluding tert-OH is 1. The molecule has 0 aliphatic heterocycles. The normalized spacial score (nSPS) is 12.8. The molecular formula is C13H18N4O2. The number of carbonyl (C=O) groups excluding carboxylic acids is 1. The largest absolute Gasteiger partial charge is 0.399 e. The maximum atomic E-state index is 12.0. The van der Waals surface area contributed by atoms with E-state index in [2.05, 4.69) is 15.5 Å². The van der Waals surface area contributed by atoms with Crippen LogP contribution in [0, 0.1) is 5.92 Å². The number of nitrogens with zero attached hydrogens (tertiary/aromatic N) is 1. The van der Waals surface area contributed by atoms with E-state index in [1.54, 1.807) is 18.2 Å². The lowest BCUT2D eigenvalue weighted by atomic mass is 10.1. The lowest BCUT2D eigenvalue weighted by Crippen LogP contribution is -2.34. The number of anilines is 1. The van der Waals surface area contributed by atoms with Crippen LogP contribution in [0.15, 0.2) is 18.2 Å². The molecule has 0 fully saturated rings. The Bertz CT molecular complexity index is 591. The molecule has 0 aliphatic rings. The van der Waals surface area contributed by atoms with Gasteiger partial charge in [-0.25, -0.2) is 0 Å². The van der Waals surface area contributed by atoms with E-state index in [4.69, 9.17) is 5.73 Å². The number of H-pyrrole nitrogens is 1. The Morgan fingerprint density at radius 1 is 1.53 bits per heavy atom. The van der Waals surface area contributed by atoms with Crippen LogP contribution in [0.1, 0.15) is 24.3 Å². The molecule has 6 nitrogen and oxygen atoms in total. The maximum absolute atomic E-state index is 12.0. The van der Waals surface area contributed by atoms with E-state index in [1.807, 2.05) is 13.8 Å². The molecule has 0 saturated carbocycles. The van der Waals surface area contributed by atoms with Gasteiger partial charge in [-0.05, 0) is 24.1 Å². The molecule has 102 valence electrons. The number of nitrogens with two attached hydrogens (primary N) is 1. The summed E-state index contributed by atoms with van der Waals surface area (Å²) in [6.07, 6.45) is -0.570. The highest BCUT2D eigenvalue weighted by molar-refractivity contribution is 6.05. The van der Waals surface area contributed by atoms with Crippen molar-refractivity contribution in [3.05, 3.63) is 23.9 Å². The van der Waals surface area contributed by atoms with E-state index in [9.17, 15) is 9.90 Å². The summed E-state index contributed by atoms with van der Waals surface area (Å²) in [5.74, 6) is -0.233. The molecule has 1 atom stereocenters. The summed E-state index contributed by atoms with van der Waals surface area (Å²) in [5.41, 5.74) is 7.32. The van der Waals surface area contributed by atoms with Crippen LogP contribution in [0.2, 0.25) is 0 Å². The molecule has 0 saturated heterocycles. The summed E-state index contributed by atoms with van der Waals surface area (Å²) in [5, 5.41) is 19.8. The molecule has 1 aromatic heterocycles. The van der Waals surface area contributed by atoms with Crippen molar-refractivity contribution >= 4 is 22.5 Å². The quantitative estimate of drug-likeness (QED) is 0.614. The lowest BCUT2D eigenvalue weighted by Gasteiger charge is -2.14. The van der Waals surface area contributed by atoms with Crippen molar-refractivity contribution < 1.29 is 9.90 Å². The van der Waals surface area contributed by atoms with Crippen molar-refractivity contribution in [1.82, 2.24) is 15.5 Å². The topological polar surface area (TPSA) is 104 Å². The molecule has 19 heavy (non-hydrogen) atoms. The Hall–Kier alpha value is -2.08. The Morgan fingerprint density at radius 2 is 2.26 bits per heavy atom. The van der Waals surface area contributed by atoms with Gasteiger partial charge < -0.3 is 16.2 Å². The molecule has 0 aliphatic carbocycles. The van der Waals surface area contributed by atoms with Crippen molar-refractivity contribution in [2.24, 2.45) is 5.92 Å². The minimum atomic E-state index is -0.570. The Labute approximate surface area is 111 Å². The molecule has 0 spiro atoms. The summed E-state index contributed by atoms with van der Waals surface area (Å²) < 4.78 is 0. The van der Waals surface area contributed by atoms with E-state index in [1.165, 1.54) is 0 Å². The first kappa shape index (κ1) is 13.4. The van der Waals surface area contributed by atoms with Gasteiger partial charge in [-0.2, -0.15) is 5.10 Å². The van der Waals surface area contributed by atoms with E-state index < -0.39 is 6.10 Å². The highest BCUT2D eigenvalue weighted by Crippen LogP contribution is 2.18. The second kappa shape index (κ2) is 5.27. The third kappa shape index (κ3) is 2.85. The Balaban J connectivity index is 2.15. The van der Waals surface area contributed by atoms with Crippen LogP contribution in [0.5, 0.6) is 0 Å². The van der Waals surface area contributed by atoms with E-state index in [0.717, 1.165) is 5.52 Å². The van der Waals surface area contributed by atoms with Crippen LogP contribution in [0.4, 0.5) is 5.69 Å². The monoisotopic (exact) mass is 262 g/mol. The van der Waals surface area contributed by atoms with E-state index in [-0.39, 0.29) is 18.4 Å². The first-order valence-corrected chi connectivity index (χ1v) is 6.19. The summed E-state index contributed by atoms with van der Waals surface area (Å²) in [4.78, 5) is 12.0. The number of nitrogens with one attached hydrogen (secondary N) is 2. The first-order chi connectivity index (χ1) is 8.99. The molecule has 1 amide bonds. The summed E-state index contributed by atoms with van der Waals surface area (Å²) in [6, 6.07) is 5.22. The van der Waals surface area contributed by atoms with Gasteiger partial charge in [0, 0.05) is 17.6 Å². The van der Waals surface area contributed by atoms with Gasteiger partial charge in [-0.15, -0.1) is 0 Å². The molecule has 2 rings (SSSR count). The van der Waals surface area contributed by atoms with Gasteiger partial charge in [0.25, 0.3) is 5.91 Å². The van der Waals surface area contributed by atoms with Crippen LogP contribution in [0.25, 0.3) is 10.9 Å². The molecule has 6 heteroatoms. The minimum Gasteiger partial charge on any atom is -0.399 e. The first-order valence-electron chi connectivity index (χ1n) is 6.19.